The fourth-order valence-corrected chi connectivity index (χ4v) is 3.09. The van der Waals surface area contributed by atoms with Crippen molar-refractivity contribution in [3.63, 3.8) is 0 Å². The van der Waals surface area contributed by atoms with Crippen molar-refractivity contribution in [3.8, 4) is 0 Å². The summed E-state index contributed by atoms with van der Waals surface area (Å²) in [6, 6.07) is 7.72. The Morgan fingerprint density at radius 2 is 2.17 bits per heavy atom. The van der Waals surface area contributed by atoms with Gasteiger partial charge in [-0.3, -0.25) is 19.3 Å². The van der Waals surface area contributed by atoms with E-state index in [2.05, 4.69) is 29.3 Å². The normalized spacial score (nSPS) is 22.2. The van der Waals surface area contributed by atoms with E-state index < -0.39 is 6.04 Å². The van der Waals surface area contributed by atoms with Gasteiger partial charge in [0.05, 0.1) is 25.6 Å². The standard InChI is InChI=1S/C17H23N3O3/c1-13-5-2-3-6-14(13)12-19-9-7-18-17(22)15(19)11-16(21)20-8-4-10-23-20/h2-3,5-6,15H,4,7-12H2,1H3,(H,18,22)/t15-/m1/s1. The number of nitrogens with one attached hydrogen (secondary N) is 1. The third-order valence-electron chi connectivity index (χ3n) is 4.48. The molecule has 3 rings (SSSR count). The van der Waals surface area contributed by atoms with Gasteiger partial charge in [0.25, 0.3) is 0 Å². The molecule has 2 aliphatic rings. The van der Waals surface area contributed by atoms with Crippen LogP contribution in [-0.2, 0) is 21.0 Å². The molecule has 6 heteroatoms. The van der Waals surface area contributed by atoms with Crippen molar-refractivity contribution in [2.75, 3.05) is 26.2 Å². The molecule has 2 saturated heterocycles. The molecular weight excluding hydrogens is 294 g/mol. The second kappa shape index (κ2) is 7.10. The molecule has 0 unspecified atom stereocenters. The average molecular weight is 317 g/mol. The molecule has 2 amide bonds. The Bertz CT molecular complexity index is 584. The van der Waals surface area contributed by atoms with E-state index in [0.29, 0.717) is 26.2 Å². The lowest BCUT2D eigenvalue weighted by Gasteiger charge is -2.35. The summed E-state index contributed by atoms with van der Waals surface area (Å²) in [6.07, 6.45) is 1.02. The Hall–Kier alpha value is -1.92. The summed E-state index contributed by atoms with van der Waals surface area (Å²) in [5, 5.41) is 4.26. The minimum Gasteiger partial charge on any atom is -0.353 e. The van der Waals surface area contributed by atoms with Crippen LogP contribution in [0.4, 0.5) is 0 Å². The lowest BCUT2D eigenvalue weighted by Crippen LogP contribution is -2.56. The Morgan fingerprint density at radius 3 is 2.91 bits per heavy atom. The highest BCUT2D eigenvalue weighted by molar-refractivity contribution is 5.88. The SMILES string of the molecule is Cc1ccccc1CN1CCNC(=O)[C@H]1CC(=O)N1CCCO1. The topological polar surface area (TPSA) is 61.9 Å². The first-order valence-electron chi connectivity index (χ1n) is 8.14. The number of carbonyl (C=O) groups excluding carboxylic acids is 2. The highest BCUT2D eigenvalue weighted by Crippen LogP contribution is 2.18. The first-order chi connectivity index (χ1) is 11.1. The monoisotopic (exact) mass is 317 g/mol. The zero-order valence-electron chi connectivity index (χ0n) is 13.5. The molecule has 6 nitrogen and oxygen atoms in total. The molecule has 1 aromatic carbocycles. The number of rotatable bonds is 4. The largest absolute Gasteiger partial charge is 0.353 e. The quantitative estimate of drug-likeness (QED) is 0.894. The summed E-state index contributed by atoms with van der Waals surface area (Å²) >= 11 is 0. The number of carbonyl (C=O) groups is 2. The minimum atomic E-state index is -0.431. The maximum atomic E-state index is 12.3. The van der Waals surface area contributed by atoms with Crippen LogP contribution in [-0.4, -0.2) is 54.1 Å². The lowest BCUT2D eigenvalue weighted by atomic mass is 10.0. The van der Waals surface area contributed by atoms with Crippen molar-refractivity contribution in [2.45, 2.75) is 32.4 Å². The number of hydroxylamine groups is 2. The predicted octanol–water partition coefficient (Wildman–Crippen LogP) is 0.849. The van der Waals surface area contributed by atoms with Gasteiger partial charge in [-0.15, -0.1) is 0 Å². The fourth-order valence-electron chi connectivity index (χ4n) is 3.09. The van der Waals surface area contributed by atoms with E-state index >= 15 is 0 Å². The van der Waals surface area contributed by atoms with E-state index in [1.807, 2.05) is 12.1 Å². The van der Waals surface area contributed by atoms with E-state index in [9.17, 15) is 9.59 Å². The molecule has 0 radical (unpaired) electrons. The molecule has 0 bridgehead atoms. The number of nitrogens with zero attached hydrogens (tertiary/aromatic N) is 2. The molecule has 0 aromatic heterocycles. The van der Waals surface area contributed by atoms with Crippen molar-refractivity contribution in [1.82, 2.24) is 15.3 Å². The van der Waals surface area contributed by atoms with Gasteiger partial charge < -0.3 is 5.32 Å². The van der Waals surface area contributed by atoms with Crippen LogP contribution in [0.15, 0.2) is 24.3 Å². The van der Waals surface area contributed by atoms with E-state index in [0.717, 1.165) is 13.0 Å². The molecular formula is C17H23N3O3. The van der Waals surface area contributed by atoms with E-state index in [4.69, 9.17) is 4.84 Å². The number of hydrogen-bond acceptors (Lipinski definition) is 4. The van der Waals surface area contributed by atoms with Gasteiger partial charge in [0.15, 0.2) is 0 Å². The van der Waals surface area contributed by atoms with Crippen LogP contribution in [0.5, 0.6) is 0 Å². The maximum absolute atomic E-state index is 12.3. The Morgan fingerprint density at radius 1 is 1.35 bits per heavy atom. The molecule has 124 valence electrons. The number of benzene rings is 1. The van der Waals surface area contributed by atoms with Crippen LogP contribution in [0.3, 0.4) is 0 Å². The second-order valence-electron chi connectivity index (χ2n) is 6.09. The predicted molar refractivity (Wildman–Crippen MR) is 85.3 cm³/mol. The summed E-state index contributed by atoms with van der Waals surface area (Å²) in [7, 11) is 0. The van der Waals surface area contributed by atoms with Crippen LogP contribution in [0.2, 0.25) is 0 Å². The zero-order chi connectivity index (χ0) is 16.2. The van der Waals surface area contributed by atoms with Crippen molar-refractivity contribution < 1.29 is 14.4 Å². The van der Waals surface area contributed by atoms with Crippen molar-refractivity contribution >= 4 is 11.8 Å². The Kier molecular flexibility index (Phi) is 4.93. The van der Waals surface area contributed by atoms with Gasteiger partial charge >= 0.3 is 0 Å². The molecule has 1 aromatic rings. The maximum Gasteiger partial charge on any atom is 0.248 e. The number of piperazine rings is 1. The molecule has 23 heavy (non-hydrogen) atoms. The van der Waals surface area contributed by atoms with Crippen LogP contribution in [0, 0.1) is 6.92 Å². The molecule has 0 spiro atoms. The van der Waals surface area contributed by atoms with Gasteiger partial charge in [-0.05, 0) is 24.5 Å². The summed E-state index contributed by atoms with van der Waals surface area (Å²) in [5.41, 5.74) is 2.39. The third kappa shape index (κ3) is 3.71. The van der Waals surface area contributed by atoms with Gasteiger partial charge in [0, 0.05) is 19.6 Å². The van der Waals surface area contributed by atoms with Gasteiger partial charge in [0.2, 0.25) is 11.8 Å². The molecule has 0 aliphatic carbocycles. The van der Waals surface area contributed by atoms with Gasteiger partial charge in [0.1, 0.15) is 0 Å². The summed E-state index contributed by atoms with van der Waals surface area (Å²) in [6.45, 7) is 5.31. The van der Waals surface area contributed by atoms with E-state index in [1.54, 1.807) is 0 Å². The van der Waals surface area contributed by atoms with Crippen molar-refractivity contribution in [2.24, 2.45) is 0 Å². The lowest BCUT2D eigenvalue weighted by molar-refractivity contribution is -0.171. The smallest absolute Gasteiger partial charge is 0.248 e. The highest BCUT2D eigenvalue weighted by Gasteiger charge is 2.34. The zero-order valence-corrected chi connectivity index (χ0v) is 13.5. The van der Waals surface area contributed by atoms with Gasteiger partial charge in [-0.25, -0.2) is 5.06 Å². The first-order valence-corrected chi connectivity index (χ1v) is 8.14. The molecule has 0 saturated carbocycles. The molecule has 1 atom stereocenters. The average Bonchev–Trinajstić information content (AvgIpc) is 3.07. The highest BCUT2D eigenvalue weighted by atomic mass is 16.7. The summed E-state index contributed by atoms with van der Waals surface area (Å²) < 4.78 is 0. The van der Waals surface area contributed by atoms with Crippen LogP contribution < -0.4 is 5.32 Å². The number of aryl methyl sites for hydroxylation is 1. The van der Waals surface area contributed by atoms with E-state index in [1.165, 1.54) is 16.2 Å². The number of hydrogen-bond donors (Lipinski definition) is 1. The second-order valence-corrected chi connectivity index (χ2v) is 6.09. The third-order valence-corrected chi connectivity index (χ3v) is 4.48. The van der Waals surface area contributed by atoms with Crippen molar-refractivity contribution in [1.29, 1.82) is 0 Å². The molecule has 1 N–H and O–H groups in total. The molecule has 2 aliphatic heterocycles. The minimum absolute atomic E-state index is 0.0719. The first kappa shape index (κ1) is 16.0. The molecule has 2 heterocycles. The van der Waals surface area contributed by atoms with E-state index in [-0.39, 0.29) is 18.2 Å². The fraction of sp³-hybridized carbons (Fsp3) is 0.529. The Balaban J connectivity index is 1.70. The van der Waals surface area contributed by atoms with Crippen molar-refractivity contribution in [3.05, 3.63) is 35.4 Å². The van der Waals surface area contributed by atoms with Gasteiger partial charge in [-0.1, -0.05) is 24.3 Å². The summed E-state index contributed by atoms with van der Waals surface area (Å²) in [5.74, 6) is -0.184. The Labute approximate surface area is 136 Å². The van der Waals surface area contributed by atoms with Crippen LogP contribution in [0.25, 0.3) is 0 Å². The number of amides is 2. The summed E-state index contributed by atoms with van der Waals surface area (Å²) in [4.78, 5) is 32.0. The van der Waals surface area contributed by atoms with Gasteiger partial charge in [-0.2, -0.15) is 0 Å². The molecule has 2 fully saturated rings. The van der Waals surface area contributed by atoms with Crippen LogP contribution >= 0.6 is 0 Å². The van der Waals surface area contributed by atoms with Crippen LogP contribution in [0.1, 0.15) is 24.0 Å².